The zero-order valence-corrected chi connectivity index (χ0v) is 14.2. The summed E-state index contributed by atoms with van der Waals surface area (Å²) in [7, 11) is -3.76. The van der Waals surface area contributed by atoms with Gasteiger partial charge in [-0.05, 0) is 36.4 Å². The molecule has 0 saturated heterocycles. The van der Waals surface area contributed by atoms with Crippen molar-refractivity contribution in [2.45, 2.75) is 11.8 Å². The van der Waals surface area contributed by atoms with E-state index < -0.39 is 10.0 Å². The summed E-state index contributed by atoms with van der Waals surface area (Å²) in [6, 6.07) is 15.6. The topological polar surface area (TPSA) is 93.1 Å². The fourth-order valence-electron chi connectivity index (χ4n) is 2.21. The SMILES string of the molecule is CC(=O)Nc1ccc(NS(=O)(=O)c2cnn(-c3ccccc3)c2)cc1. The van der Waals surface area contributed by atoms with Gasteiger partial charge in [0.15, 0.2) is 0 Å². The van der Waals surface area contributed by atoms with Crippen molar-refractivity contribution in [3.63, 3.8) is 0 Å². The Morgan fingerprint density at radius 2 is 1.64 bits per heavy atom. The second-order valence-electron chi connectivity index (χ2n) is 5.32. The Balaban J connectivity index is 1.78. The molecule has 3 rings (SSSR count). The number of aromatic nitrogens is 2. The normalized spacial score (nSPS) is 11.1. The highest BCUT2D eigenvalue weighted by molar-refractivity contribution is 7.92. The minimum absolute atomic E-state index is 0.0577. The van der Waals surface area contributed by atoms with Gasteiger partial charge < -0.3 is 5.32 Å². The van der Waals surface area contributed by atoms with Crippen LogP contribution in [-0.2, 0) is 14.8 Å². The Hall–Kier alpha value is -3.13. The lowest BCUT2D eigenvalue weighted by Gasteiger charge is -2.07. The molecule has 0 aliphatic carbocycles. The van der Waals surface area contributed by atoms with Gasteiger partial charge in [-0.2, -0.15) is 5.10 Å². The Labute approximate surface area is 145 Å². The molecule has 0 fully saturated rings. The summed E-state index contributed by atoms with van der Waals surface area (Å²) in [5, 5.41) is 6.71. The first-order chi connectivity index (χ1) is 11.9. The average molecular weight is 356 g/mol. The predicted molar refractivity (Wildman–Crippen MR) is 95.1 cm³/mol. The Morgan fingerprint density at radius 3 is 2.28 bits per heavy atom. The van der Waals surface area contributed by atoms with Crippen LogP contribution < -0.4 is 10.0 Å². The van der Waals surface area contributed by atoms with E-state index in [0.717, 1.165) is 5.69 Å². The van der Waals surface area contributed by atoms with Gasteiger partial charge in [-0.25, -0.2) is 13.1 Å². The number of nitrogens with one attached hydrogen (secondary N) is 2. The van der Waals surface area contributed by atoms with Crippen molar-refractivity contribution in [1.29, 1.82) is 0 Å². The number of nitrogens with zero attached hydrogens (tertiary/aromatic N) is 2. The number of benzene rings is 2. The first-order valence-corrected chi connectivity index (χ1v) is 8.93. The van der Waals surface area contributed by atoms with Crippen molar-refractivity contribution in [2.24, 2.45) is 0 Å². The van der Waals surface area contributed by atoms with Gasteiger partial charge in [0.1, 0.15) is 4.90 Å². The molecule has 2 aromatic carbocycles. The van der Waals surface area contributed by atoms with Gasteiger partial charge in [0, 0.05) is 18.3 Å². The summed E-state index contributed by atoms with van der Waals surface area (Å²) in [5.41, 5.74) is 1.75. The highest BCUT2D eigenvalue weighted by Crippen LogP contribution is 2.19. The van der Waals surface area contributed by atoms with Crippen molar-refractivity contribution < 1.29 is 13.2 Å². The van der Waals surface area contributed by atoms with E-state index in [2.05, 4.69) is 15.1 Å². The number of anilines is 2. The number of carbonyl (C=O) groups excluding carboxylic acids is 1. The molecule has 2 N–H and O–H groups in total. The van der Waals surface area contributed by atoms with Crippen LogP contribution in [0.3, 0.4) is 0 Å². The van der Waals surface area contributed by atoms with E-state index in [1.54, 1.807) is 24.3 Å². The van der Waals surface area contributed by atoms with Crippen LogP contribution in [0.2, 0.25) is 0 Å². The lowest BCUT2D eigenvalue weighted by atomic mass is 10.3. The minimum atomic E-state index is -3.76. The average Bonchev–Trinajstić information content (AvgIpc) is 3.08. The molecule has 0 aliphatic rings. The van der Waals surface area contributed by atoms with Gasteiger partial charge in [0.05, 0.1) is 18.1 Å². The number of para-hydroxylation sites is 1. The van der Waals surface area contributed by atoms with Crippen molar-refractivity contribution in [1.82, 2.24) is 9.78 Å². The lowest BCUT2D eigenvalue weighted by Crippen LogP contribution is -2.12. The number of hydrogen-bond donors (Lipinski definition) is 2. The second-order valence-corrected chi connectivity index (χ2v) is 7.00. The maximum Gasteiger partial charge on any atom is 0.265 e. The monoisotopic (exact) mass is 356 g/mol. The van der Waals surface area contributed by atoms with Crippen LogP contribution >= 0.6 is 0 Å². The molecule has 0 spiro atoms. The third kappa shape index (κ3) is 4.04. The molecule has 7 nitrogen and oxygen atoms in total. The summed E-state index contributed by atoms with van der Waals surface area (Å²) in [5.74, 6) is -0.193. The third-order valence-electron chi connectivity index (χ3n) is 3.35. The molecule has 1 aromatic heterocycles. The largest absolute Gasteiger partial charge is 0.326 e. The first-order valence-electron chi connectivity index (χ1n) is 7.45. The van der Waals surface area contributed by atoms with E-state index in [1.165, 1.54) is 24.0 Å². The van der Waals surface area contributed by atoms with Gasteiger partial charge in [-0.1, -0.05) is 18.2 Å². The summed E-state index contributed by atoms with van der Waals surface area (Å²) >= 11 is 0. The number of carbonyl (C=O) groups is 1. The van der Waals surface area contributed by atoms with Crippen molar-refractivity contribution in [3.05, 3.63) is 67.0 Å². The van der Waals surface area contributed by atoms with E-state index in [1.807, 2.05) is 30.3 Å². The van der Waals surface area contributed by atoms with Crippen LogP contribution in [0, 0.1) is 0 Å². The maximum atomic E-state index is 12.5. The fraction of sp³-hybridized carbons (Fsp3) is 0.0588. The quantitative estimate of drug-likeness (QED) is 0.735. The number of hydrogen-bond acceptors (Lipinski definition) is 4. The molecule has 0 saturated carbocycles. The second kappa shape index (κ2) is 6.78. The van der Waals surface area contributed by atoms with E-state index in [9.17, 15) is 13.2 Å². The molecule has 0 bridgehead atoms. The van der Waals surface area contributed by atoms with Crippen LogP contribution in [0.1, 0.15) is 6.92 Å². The molecule has 0 atom stereocenters. The standard InChI is InChI=1S/C17H16N4O3S/c1-13(22)19-14-7-9-15(10-8-14)20-25(23,24)17-11-18-21(12-17)16-5-3-2-4-6-16/h2-12,20H,1H3,(H,19,22). The predicted octanol–water partition coefficient (Wildman–Crippen LogP) is 2.63. The van der Waals surface area contributed by atoms with Crippen LogP contribution in [0.25, 0.3) is 5.69 Å². The lowest BCUT2D eigenvalue weighted by molar-refractivity contribution is -0.114. The first kappa shape index (κ1) is 16.7. The fourth-order valence-corrected chi connectivity index (χ4v) is 3.19. The van der Waals surface area contributed by atoms with Crippen molar-refractivity contribution >= 4 is 27.3 Å². The third-order valence-corrected chi connectivity index (χ3v) is 4.68. The van der Waals surface area contributed by atoms with Gasteiger partial charge in [-0.15, -0.1) is 0 Å². The molecule has 0 radical (unpaired) electrons. The Morgan fingerprint density at radius 1 is 1.00 bits per heavy atom. The number of amides is 1. The van der Waals surface area contributed by atoms with Gasteiger partial charge in [-0.3, -0.25) is 9.52 Å². The molecular formula is C17H16N4O3S. The van der Waals surface area contributed by atoms with E-state index in [0.29, 0.717) is 11.4 Å². The molecule has 1 amide bonds. The summed E-state index contributed by atoms with van der Waals surface area (Å²) in [6.07, 6.45) is 2.74. The molecule has 25 heavy (non-hydrogen) atoms. The van der Waals surface area contributed by atoms with Crippen LogP contribution in [0.5, 0.6) is 0 Å². The van der Waals surface area contributed by atoms with Crippen LogP contribution in [0.4, 0.5) is 11.4 Å². The minimum Gasteiger partial charge on any atom is -0.326 e. The van der Waals surface area contributed by atoms with Crippen molar-refractivity contribution in [3.8, 4) is 5.69 Å². The maximum absolute atomic E-state index is 12.5. The molecule has 128 valence electrons. The zero-order chi connectivity index (χ0) is 17.9. The smallest absolute Gasteiger partial charge is 0.265 e. The summed E-state index contributed by atoms with van der Waals surface area (Å²) in [4.78, 5) is 11.1. The highest BCUT2D eigenvalue weighted by Gasteiger charge is 2.17. The molecule has 8 heteroatoms. The highest BCUT2D eigenvalue weighted by atomic mass is 32.2. The molecule has 0 unspecified atom stereocenters. The number of rotatable bonds is 5. The molecule has 0 aliphatic heterocycles. The van der Waals surface area contributed by atoms with Crippen LogP contribution in [0.15, 0.2) is 71.9 Å². The van der Waals surface area contributed by atoms with E-state index in [-0.39, 0.29) is 10.8 Å². The van der Waals surface area contributed by atoms with Crippen molar-refractivity contribution in [2.75, 3.05) is 10.0 Å². The van der Waals surface area contributed by atoms with Crippen LogP contribution in [-0.4, -0.2) is 24.1 Å². The van der Waals surface area contributed by atoms with E-state index in [4.69, 9.17) is 0 Å². The summed E-state index contributed by atoms with van der Waals surface area (Å²) < 4.78 is 28.9. The molecular weight excluding hydrogens is 340 g/mol. The van der Waals surface area contributed by atoms with Gasteiger partial charge in [0.25, 0.3) is 10.0 Å². The number of sulfonamides is 1. The Bertz CT molecular complexity index is 980. The molecule has 1 heterocycles. The van der Waals surface area contributed by atoms with Gasteiger partial charge >= 0.3 is 0 Å². The van der Waals surface area contributed by atoms with E-state index >= 15 is 0 Å². The zero-order valence-electron chi connectivity index (χ0n) is 13.4. The molecule has 3 aromatic rings. The summed E-state index contributed by atoms with van der Waals surface area (Å²) in [6.45, 7) is 1.40. The Kier molecular flexibility index (Phi) is 4.53. The van der Waals surface area contributed by atoms with Gasteiger partial charge in [0.2, 0.25) is 5.91 Å².